The Morgan fingerprint density at radius 3 is 2.36 bits per heavy atom. The Bertz CT molecular complexity index is 1200. The fourth-order valence-corrected chi connectivity index (χ4v) is 6.22. The van der Waals surface area contributed by atoms with Gasteiger partial charge in [-0.2, -0.15) is 4.31 Å². The number of carbonyl (C=O) groups excluding carboxylic acids is 1. The molecule has 0 bridgehead atoms. The minimum atomic E-state index is -3.91. The van der Waals surface area contributed by atoms with E-state index in [0.29, 0.717) is 37.9 Å². The van der Waals surface area contributed by atoms with E-state index in [1.54, 1.807) is 28.4 Å². The van der Waals surface area contributed by atoms with Crippen molar-refractivity contribution in [3.8, 4) is 0 Å². The molecule has 1 saturated heterocycles. The number of halogens is 1. The highest BCUT2D eigenvalue weighted by molar-refractivity contribution is 7.89. The van der Waals surface area contributed by atoms with Gasteiger partial charge in [-0.3, -0.25) is 9.69 Å². The summed E-state index contributed by atoms with van der Waals surface area (Å²) in [6, 6.07) is 19.7. The Morgan fingerprint density at radius 1 is 0.972 bits per heavy atom. The second-order valence-electron chi connectivity index (χ2n) is 8.56. The summed E-state index contributed by atoms with van der Waals surface area (Å²) < 4.78 is 33.9. The van der Waals surface area contributed by atoms with Gasteiger partial charge in [-0.15, -0.1) is 11.3 Å². The van der Waals surface area contributed by atoms with Crippen LogP contribution >= 0.6 is 22.9 Å². The number of sulfonamides is 1. The van der Waals surface area contributed by atoms with E-state index in [4.69, 9.17) is 16.3 Å². The second-order valence-corrected chi connectivity index (χ2v) is 12.0. The van der Waals surface area contributed by atoms with E-state index in [-0.39, 0.29) is 23.9 Å². The van der Waals surface area contributed by atoms with Crippen LogP contribution in [0.3, 0.4) is 0 Å². The number of carbonyl (C=O) groups is 1. The number of amides is 1. The molecule has 1 aliphatic rings. The molecule has 0 spiro atoms. The van der Waals surface area contributed by atoms with Crippen LogP contribution in [0.2, 0.25) is 5.02 Å². The molecule has 0 atom stereocenters. The number of hydrogen-bond donors (Lipinski definition) is 0. The molecule has 0 radical (unpaired) electrons. The van der Waals surface area contributed by atoms with Crippen LogP contribution in [0.15, 0.2) is 77.0 Å². The molecule has 0 unspecified atom stereocenters. The van der Waals surface area contributed by atoms with Crippen molar-refractivity contribution in [1.82, 2.24) is 14.1 Å². The fourth-order valence-electron chi connectivity index (χ4n) is 4.00. The van der Waals surface area contributed by atoms with Gasteiger partial charge in [0.1, 0.15) is 0 Å². The molecule has 7 nitrogen and oxygen atoms in total. The maximum Gasteiger partial charge on any atom is 0.243 e. The van der Waals surface area contributed by atoms with Crippen LogP contribution in [0.4, 0.5) is 0 Å². The number of benzene rings is 2. The van der Waals surface area contributed by atoms with Crippen LogP contribution < -0.4 is 0 Å². The van der Waals surface area contributed by atoms with Crippen LogP contribution in [0, 0.1) is 0 Å². The van der Waals surface area contributed by atoms with Crippen molar-refractivity contribution in [2.45, 2.75) is 18.0 Å². The van der Waals surface area contributed by atoms with E-state index in [0.717, 1.165) is 23.5 Å². The zero-order chi connectivity index (χ0) is 25.4. The van der Waals surface area contributed by atoms with Gasteiger partial charge in [0.2, 0.25) is 15.9 Å². The number of ether oxygens (including phenoxy) is 1. The normalized spacial score (nSPS) is 14.7. The number of nitrogens with zero attached hydrogens (tertiary/aromatic N) is 3. The molecule has 4 rings (SSSR count). The molecule has 1 aliphatic heterocycles. The maximum absolute atomic E-state index is 13.6. The van der Waals surface area contributed by atoms with Crippen molar-refractivity contribution in [2.24, 2.45) is 0 Å². The molecule has 192 valence electrons. The van der Waals surface area contributed by atoms with E-state index in [9.17, 15) is 13.2 Å². The molecule has 10 heteroatoms. The van der Waals surface area contributed by atoms with E-state index in [1.807, 2.05) is 47.8 Å². The third-order valence-corrected chi connectivity index (χ3v) is 9.00. The zero-order valence-electron chi connectivity index (χ0n) is 20.0. The summed E-state index contributed by atoms with van der Waals surface area (Å²) in [6.45, 7) is 4.01. The number of hydrogen-bond acceptors (Lipinski definition) is 6. The third kappa shape index (κ3) is 7.38. The van der Waals surface area contributed by atoms with Gasteiger partial charge < -0.3 is 9.64 Å². The molecular weight excluding hydrogens is 518 g/mol. The summed E-state index contributed by atoms with van der Waals surface area (Å²) in [5.74, 6) is -0.244. The summed E-state index contributed by atoms with van der Waals surface area (Å²) in [5, 5.41) is 2.43. The Hall–Kier alpha value is -2.27. The zero-order valence-corrected chi connectivity index (χ0v) is 22.4. The van der Waals surface area contributed by atoms with E-state index >= 15 is 0 Å². The quantitative estimate of drug-likeness (QED) is 0.363. The van der Waals surface area contributed by atoms with E-state index in [2.05, 4.69) is 4.90 Å². The van der Waals surface area contributed by atoms with Gasteiger partial charge in [0.15, 0.2) is 0 Å². The Labute approximate surface area is 221 Å². The standard InChI is InChI=1S/C26H30ClN3O4S2/c27-23-8-10-25(11-9-23)36(32,33)30(13-12-28-14-16-34-17-15-28)21-26(31)29(20-24-7-4-18-35-24)19-22-5-2-1-3-6-22/h1-11,18H,12-17,19-21H2. The van der Waals surface area contributed by atoms with Crippen molar-refractivity contribution in [3.05, 3.63) is 87.6 Å². The average Bonchev–Trinajstić information content (AvgIpc) is 3.40. The first-order chi connectivity index (χ1) is 17.4. The molecule has 36 heavy (non-hydrogen) atoms. The van der Waals surface area contributed by atoms with E-state index in [1.165, 1.54) is 16.4 Å². The number of rotatable bonds is 11. The lowest BCUT2D eigenvalue weighted by Gasteiger charge is -2.31. The molecule has 0 saturated carbocycles. The van der Waals surface area contributed by atoms with Crippen molar-refractivity contribution in [3.63, 3.8) is 0 Å². The van der Waals surface area contributed by atoms with Crippen LogP contribution in [-0.4, -0.2) is 74.4 Å². The summed E-state index contributed by atoms with van der Waals surface area (Å²) in [5.41, 5.74) is 0.989. The van der Waals surface area contributed by atoms with E-state index < -0.39 is 10.0 Å². The van der Waals surface area contributed by atoms with Gasteiger partial charge in [-0.1, -0.05) is 48.0 Å². The highest BCUT2D eigenvalue weighted by Gasteiger charge is 2.29. The molecule has 3 aromatic rings. The Balaban J connectivity index is 1.56. The smallest absolute Gasteiger partial charge is 0.243 e. The Kier molecular flexibility index (Phi) is 9.53. The molecular formula is C26H30ClN3O4S2. The van der Waals surface area contributed by atoms with Crippen LogP contribution in [0.5, 0.6) is 0 Å². The SMILES string of the molecule is O=C(CN(CCN1CCOCC1)S(=O)(=O)c1ccc(Cl)cc1)N(Cc1ccccc1)Cc1cccs1. The van der Waals surface area contributed by atoms with Gasteiger partial charge in [0, 0.05) is 42.6 Å². The molecule has 2 aromatic carbocycles. The predicted octanol–water partition coefficient (Wildman–Crippen LogP) is 3.95. The van der Waals surface area contributed by atoms with Crippen LogP contribution in [0.25, 0.3) is 0 Å². The summed E-state index contributed by atoms with van der Waals surface area (Å²) in [4.78, 5) is 18.7. The molecule has 1 aromatic heterocycles. The minimum Gasteiger partial charge on any atom is -0.379 e. The van der Waals surface area contributed by atoms with Gasteiger partial charge in [-0.05, 0) is 41.3 Å². The first-order valence-corrected chi connectivity index (χ1v) is 14.5. The lowest BCUT2D eigenvalue weighted by molar-refractivity contribution is -0.132. The predicted molar refractivity (Wildman–Crippen MR) is 142 cm³/mol. The van der Waals surface area contributed by atoms with Crippen molar-refractivity contribution in [2.75, 3.05) is 45.9 Å². The first-order valence-electron chi connectivity index (χ1n) is 11.8. The average molecular weight is 548 g/mol. The van der Waals surface area contributed by atoms with Crippen molar-refractivity contribution >= 4 is 38.9 Å². The summed E-state index contributed by atoms with van der Waals surface area (Å²) in [6.07, 6.45) is 0. The van der Waals surface area contributed by atoms with Gasteiger partial charge in [0.05, 0.1) is 31.2 Å². The summed E-state index contributed by atoms with van der Waals surface area (Å²) >= 11 is 7.56. The fraction of sp³-hybridized carbons (Fsp3) is 0.346. The maximum atomic E-state index is 13.6. The van der Waals surface area contributed by atoms with Crippen molar-refractivity contribution in [1.29, 1.82) is 0 Å². The lowest BCUT2D eigenvalue weighted by atomic mass is 10.2. The molecule has 0 aliphatic carbocycles. The highest BCUT2D eigenvalue weighted by Crippen LogP contribution is 2.20. The first kappa shape index (κ1) is 26.8. The largest absolute Gasteiger partial charge is 0.379 e. The molecule has 1 fully saturated rings. The topological polar surface area (TPSA) is 70.2 Å². The minimum absolute atomic E-state index is 0.120. The van der Waals surface area contributed by atoms with Crippen molar-refractivity contribution < 1.29 is 17.9 Å². The Morgan fingerprint density at radius 2 is 1.69 bits per heavy atom. The monoisotopic (exact) mass is 547 g/mol. The second kappa shape index (κ2) is 12.8. The van der Waals surface area contributed by atoms with Gasteiger partial charge in [-0.25, -0.2) is 8.42 Å². The summed E-state index contributed by atoms with van der Waals surface area (Å²) in [7, 11) is -3.91. The third-order valence-electron chi connectivity index (χ3n) is 6.03. The lowest BCUT2D eigenvalue weighted by Crippen LogP contribution is -2.46. The number of morpholine rings is 1. The molecule has 2 heterocycles. The van der Waals surface area contributed by atoms with Crippen LogP contribution in [-0.2, 0) is 32.6 Å². The van der Waals surface area contributed by atoms with Gasteiger partial charge >= 0.3 is 0 Å². The van der Waals surface area contributed by atoms with Crippen LogP contribution in [0.1, 0.15) is 10.4 Å². The highest BCUT2D eigenvalue weighted by atomic mass is 35.5. The number of thiophene rings is 1. The molecule has 0 N–H and O–H groups in total. The molecule has 1 amide bonds. The van der Waals surface area contributed by atoms with Gasteiger partial charge in [0.25, 0.3) is 0 Å².